The maximum absolute atomic E-state index is 12.6. The Hall–Kier alpha value is -3.48. The Morgan fingerprint density at radius 2 is 1.70 bits per heavy atom. The molecular formula is C23H19F3NO3. The number of ether oxygens (including phenoxy) is 2. The Kier molecular flexibility index (Phi) is 6.30. The van der Waals surface area contributed by atoms with Crippen molar-refractivity contribution < 1.29 is 27.4 Å². The zero-order chi connectivity index (χ0) is 21.7. The summed E-state index contributed by atoms with van der Waals surface area (Å²) in [4.78, 5) is 12.6. The molecule has 0 atom stereocenters. The topological polar surface area (TPSA) is 47.6 Å². The van der Waals surface area contributed by atoms with Crippen LogP contribution in [0.15, 0.2) is 60.7 Å². The molecule has 0 saturated carbocycles. The fraction of sp³-hybridized carbons (Fsp3) is 0.174. The molecule has 155 valence electrons. The number of rotatable bonds is 6. The van der Waals surface area contributed by atoms with Crippen LogP contribution in [0.4, 0.5) is 13.2 Å². The van der Waals surface area contributed by atoms with Gasteiger partial charge in [0.05, 0.1) is 0 Å². The minimum Gasteiger partial charge on any atom is -0.456 e. The van der Waals surface area contributed by atoms with Gasteiger partial charge in [-0.25, -0.2) is 0 Å². The first-order valence-electron chi connectivity index (χ1n) is 9.10. The van der Waals surface area contributed by atoms with E-state index in [4.69, 9.17) is 4.74 Å². The van der Waals surface area contributed by atoms with E-state index < -0.39 is 6.36 Å². The van der Waals surface area contributed by atoms with Crippen LogP contribution in [0.25, 0.3) is 0 Å². The Morgan fingerprint density at radius 3 is 2.37 bits per heavy atom. The summed E-state index contributed by atoms with van der Waals surface area (Å²) in [6.07, 6.45) is -4.74. The molecule has 0 aromatic heterocycles. The first-order chi connectivity index (χ1) is 14.2. The Balaban J connectivity index is 1.65. The summed E-state index contributed by atoms with van der Waals surface area (Å²) in [6.45, 7) is 3.84. The van der Waals surface area contributed by atoms with Crippen LogP contribution >= 0.6 is 0 Å². The SMILES string of the molecule is Cc1[c]c(Oc2cccc(C(=O)NCc3ccc(OC(F)(F)F)cc3)c2C)ccc1. The van der Waals surface area contributed by atoms with Gasteiger partial charge >= 0.3 is 6.36 Å². The van der Waals surface area contributed by atoms with E-state index in [1.54, 1.807) is 31.2 Å². The maximum atomic E-state index is 12.6. The van der Waals surface area contributed by atoms with Crippen molar-refractivity contribution in [3.63, 3.8) is 0 Å². The van der Waals surface area contributed by atoms with Crippen LogP contribution < -0.4 is 14.8 Å². The smallest absolute Gasteiger partial charge is 0.456 e. The molecule has 1 amide bonds. The van der Waals surface area contributed by atoms with Crippen molar-refractivity contribution in [1.82, 2.24) is 5.32 Å². The lowest BCUT2D eigenvalue weighted by Crippen LogP contribution is -2.23. The van der Waals surface area contributed by atoms with E-state index in [2.05, 4.69) is 16.1 Å². The standard InChI is InChI=1S/C23H19F3NO3/c1-15-5-3-6-19(13-15)29-21-8-4-7-20(16(21)2)22(28)27-14-17-9-11-18(12-10-17)30-23(24,25)26/h3-12H,14H2,1-2H3,(H,27,28). The molecule has 0 aliphatic heterocycles. The average Bonchev–Trinajstić information content (AvgIpc) is 2.68. The van der Waals surface area contributed by atoms with Gasteiger partial charge in [-0.2, -0.15) is 0 Å². The van der Waals surface area contributed by atoms with Gasteiger partial charge in [0, 0.05) is 23.7 Å². The third kappa shape index (κ3) is 5.76. The molecule has 30 heavy (non-hydrogen) atoms. The summed E-state index contributed by atoms with van der Waals surface area (Å²) in [5.74, 6) is 0.461. The predicted molar refractivity (Wildman–Crippen MR) is 106 cm³/mol. The summed E-state index contributed by atoms with van der Waals surface area (Å²) in [7, 11) is 0. The van der Waals surface area contributed by atoms with Crippen LogP contribution in [0.2, 0.25) is 0 Å². The van der Waals surface area contributed by atoms with E-state index in [1.165, 1.54) is 24.3 Å². The lowest BCUT2D eigenvalue weighted by molar-refractivity contribution is -0.274. The molecule has 3 rings (SSSR count). The second-order valence-electron chi connectivity index (χ2n) is 6.60. The van der Waals surface area contributed by atoms with E-state index in [-0.39, 0.29) is 18.2 Å². The minimum atomic E-state index is -4.74. The number of alkyl halides is 3. The highest BCUT2D eigenvalue weighted by molar-refractivity contribution is 5.96. The molecule has 0 aliphatic carbocycles. The summed E-state index contributed by atoms with van der Waals surface area (Å²) in [5.41, 5.74) is 2.68. The molecule has 0 saturated heterocycles. The number of hydrogen-bond donors (Lipinski definition) is 1. The fourth-order valence-corrected chi connectivity index (χ4v) is 2.79. The number of amides is 1. The summed E-state index contributed by atoms with van der Waals surface area (Å²) >= 11 is 0. The lowest BCUT2D eigenvalue weighted by Gasteiger charge is -2.13. The van der Waals surface area contributed by atoms with Crippen molar-refractivity contribution >= 4 is 5.91 Å². The molecule has 3 aromatic rings. The predicted octanol–water partition coefficient (Wildman–Crippen LogP) is 5.72. The molecule has 1 radical (unpaired) electrons. The van der Waals surface area contributed by atoms with Gasteiger partial charge in [0.1, 0.15) is 17.2 Å². The molecule has 0 fully saturated rings. The van der Waals surface area contributed by atoms with Crippen molar-refractivity contribution in [2.75, 3.05) is 0 Å². The molecule has 3 aromatic carbocycles. The van der Waals surface area contributed by atoms with Gasteiger partial charge in [0.2, 0.25) is 0 Å². The zero-order valence-electron chi connectivity index (χ0n) is 16.3. The highest BCUT2D eigenvalue weighted by Gasteiger charge is 2.30. The summed E-state index contributed by atoms with van der Waals surface area (Å²) in [6, 6.07) is 19.1. The third-order valence-corrected chi connectivity index (χ3v) is 4.27. The minimum absolute atomic E-state index is 0.154. The number of hydrogen-bond acceptors (Lipinski definition) is 3. The van der Waals surface area contributed by atoms with Crippen molar-refractivity contribution in [2.45, 2.75) is 26.8 Å². The molecule has 0 unspecified atom stereocenters. The van der Waals surface area contributed by atoms with Gasteiger partial charge in [0.15, 0.2) is 0 Å². The molecule has 1 N–H and O–H groups in total. The monoisotopic (exact) mass is 414 g/mol. The van der Waals surface area contributed by atoms with Crippen molar-refractivity contribution in [3.8, 4) is 17.2 Å². The molecular weight excluding hydrogens is 395 g/mol. The normalized spacial score (nSPS) is 11.1. The molecule has 7 heteroatoms. The zero-order valence-corrected chi connectivity index (χ0v) is 16.3. The first-order valence-corrected chi connectivity index (χ1v) is 9.10. The summed E-state index contributed by atoms with van der Waals surface area (Å²) in [5, 5.41) is 2.76. The Labute approximate surface area is 172 Å². The summed E-state index contributed by atoms with van der Waals surface area (Å²) < 4.78 is 46.3. The van der Waals surface area contributed by atoms with Crippen LogP contribution in [0, 0.1) is 19.9 Å². The molecule has 0 bridgehead atoms. The number of nitrogens with one attached hydrogen (secondary N) is 1. The highest BCUT2D eigenvalue weighted by Crippen LogP contribution is 2.27. The first kappa shape index (κ1) is 21.2. The van der Waals surface area contributed by atoms with Crippen LogP contribution in [0.5, 0.6) is 17.2 Å². The average molecular weight is 414 g/mol. The number of benzene rings is 3. The number of halogens is 3. The second-order valence-corrected chi connectivity index (χ2v) is 6.60. The lowest BCUT2D eigenvalue weighted by atomic mass is 10.1. The van der Waals surface area contributed by atoms with Crippen LogP contribution in [-0.2, 0) is 6.54 Å². The number of carbonyl (C=O) groups excluding carboxylic acids is 1. The quantitative estimate of drug-likeness (QED) is 0.561. The van der Waals surface area contributed by atoms with Gasteiger partial charge in [0.25, 0.3) is 5.91 Å². The Morgan fingerprint density at radius 1 is 1.00 bits per heavy atom. The van der Waals surface area contributed by atoms with E-state index in [0.717, 1.165) is 5.56 Å². The molecule has 0 aliphatic rings. The van der Waals surface area contributed by atoms with Crippen molar-refractivity contribution in [2.24, 2.45) is 0 Å². The number of aryl methyl sites for hydroxylation is 1. The van der Waals surface area contributed by atoms with Gasteiger partial charge < -0.3 is 14.8 Å². The van der Waals surface area contributed by atoms with E-state index in [0.29, 0.717) is 28.2 Å². The van der Waals surface area contributed by atoms with Gasteiger partial charge in [-0.15, -0.1) is 13.2 Å². The van der Waals surface area contributed by atoms with Crippen molar-refractivity contribution in [1.29, 1.82) is 0 Å². The maximum Gasteiger partial charge on any atom is 0.573 e. The van der Waals surface area contributed by atoms with Gasteiger partial charge in [-0.1, -0.05) is 30.3 Å². The van der Waals surface area contributed by atoms with Gasteiger partial charge in [-0.3, -0.25) is 4.79 Å². The van der Waals surface area contributed by atoms with Crippen molar-refractivity contribution in [3.05, 3.63) is 89.0 Å². The molecule has 4 nitrogen and oxygen atoms in total. The number of carbonyl (C=O) groups is 1. The largest absolute Gasteiger partial charge is 0.573 e. The van der Waals surface area contributed by atoms with Gasteiger partial charge in [-0.05, 0) is 55.3 Å². The van der Waals surface area contributed by atoms with E-state index in [1.807, 2.05) is 19.1 Å². The third-order valence-electron chi connectivity index (χ3n) is 4.27. The van der Waals surface area contributed by atoms with E-state index >= 15 is 0 Å². The molecule has 0 spiro atoms. The van der Waals surface area contributed by atoms with E-state index in [9.17, 15) is 18.0 Å². The van der Waals surface area contributed by atoms with Crippen LogP contribution in [0.3, 0.4) is 0 Å². The van der Waals surface area contributed by atoms with Crippen LogP contribution in [0.1, 0.15) is 27.0 Å². The second kappa shape index (κ2) is 8.90. The molecule has 0 heterocycles. The Bertz CT molecular complexity index is 1030. The fourth-order valence-electron chi connectivity index (χ4n) is 2.79. The highest BCUT2D eigenvalue weighted by atomic mass is 19.4. The van der Waals surface area contributed by atoms with Crippen LogP contribution in [-0.4, -0.2) is 12.3 Å².